The van der Waals surface area contributed by atoms with Gasteiger partial charge in [0.05, 0.1) is 7.11 Å². The molecule has 2 rings (SSSR count). The molecule has 8 nitrogen and oxygen atoms in total. The maximum absolute atomic E-state index is 12.1. The van der Waals surface area contributed by atoms with Crippen LogP contribution in [0.1, 0.15) is 71.1 Å². The molecule has 5 unspecified atom stereocenters. The van der Waals surface area contributed by atoms with Crippen molar-refractivity contribution in [3.8, 4) is 0 Å². The highest BCUT2D eigenvalue weighted by molar-refractivity contribution is 8.00. The Balaban J connectivity index is 1.41. The monoisotopic (exact) mass is 443 g/mol. The topological polar surface area (TPSA) is 117 Å². The number of thioether (sulfide) groups is 1. The number of carbonyl (C=O) groups is 3. The fourth-order valence-corrected chi connectivity index (χ4v) is 5.64. The van der Waals surface area contributed by atoms with Crippen LogP contribution < -0.4 is 16.0 Å². The van der Waals surface area contributed by atoms with Gasteiger partial charge in [0, 0.05) is 42.3 Å². The van der Waals surface area contributed by atoms with E-state index >= 15 is 0 Å². The van der Waals surface area contributed by atoms with Crippen molar-refractivity contribution in [1.29, 1.82) is 0 Å². The lowest BCUT2D eigenvalue weighted by Gasteiger charge is -2.17. The molecule has 1 amide bonds. The first-order valence-electron chi connectivity index (χ1n) is 11.1. The number of unbranched alkanes of at least 4 members (excludes halogenated alkanes) is 4. The third-order valence-electron chi connectivity index (χ3n) is 5.78. The van der Waals surface area contributed by atoms with E-state index in [4.69, 9.17) is 0 Å². The zero-order valence-electron chi connectivity index (χ0n) is 18.2. The summed E-state index contributed by atoms with van der Waals surface area (Å²) in [6.45, 7) is 1.60. The van der Waals surface area contributed by atoms with E-state index in [2.05, 4.69) is 20.7 Å². The number of ether oxygens (including phenoxy) is 1. The molecular weight excluding hydrogens is 406 g/mol. The molecule has 0 aliphatic carbocycles. The Morgan fingerprint density at radius 1 is 1.07 bits per heavy atom. The average molecular weight is 444 g/mol. The van der Waals surface area contributed by atoms with Gasteiger partial charge >= 0.3 is 5.97 Å². The molecule has 2 saturated heterocycles. The SMILES string of the molecule is COC(=O)C(C)NC(=O)CCCCCCC(=O)CCCCC1SCC2NC(O)NC21. The van der Waals surface area contributed by atoms with Crippen molar-refractivity contribution in [2.45, 2.75) is 101 Å². The van der Waals surface area contributed by atoms with Crippen molar-refractivity contribution in [3.63, 3.8) is 0 Å². The van der Waals surface area contributed by atoms with Crippen molar-refractivity contribution >= 4 is 29.4 Å². The molecule has 172 valence electrons. The van der Waals surface area contributed by atoms with E-state index in [1.54, 1.807) is 6.92 Å². The van der Waals surface area contributed by atoms with Crippen molar-refractivity contribution in [3.05, 3.63) is 0 Å². The number of Topliss-reactive ketones (excluding diaryl/α,β-unsaturated/α-hetero) is 1. The van der Waals surface area contributed by atoms with Crippen LogP contribution in [0.3, 0.4) is 0 Å². The van der Waals surface area contributed by atoms with Gasteiger partial charge in [-0.1, -0.05) is 19.3 Å². The number of aliphatic hydroxyl groups is 1. The summed E-state index contributed by atoms with van der Waals surface area (Å²) in [4.78, 5) is 35.0. The maximum atomic E-state index is 12.1. The molecule has 2 heterocycles. The van der Waals surface area contributed by atoms with Gasteiger partial charge in [0.2, 0.25) is 5.91 Å². The summed E-state index contributed by atoms with van der Waals surface area (Å²) < 4.78 is 4.57. The summed E-state index contributed by atoms with van der Waals surface area (Å²) in [5, 5.41) is 19.1. The first kappa shape index (κ1) is 25.1. The van der Waals surface area contributed by atoms with Crippen LogP contribution >= 0.6 is 11.8 Å². The number of nitrogens with one attached hydrogen (secondary N) is 3. The number of methoxy groups -OCH3 is 1. The van der Waals surface area contributed by atoms with Crippen LogP contribution in [0.25, 0.3) is 0 Å². The van der Waals surface area contributed by atoms with Gasteiger partial charge in [-0.15, -0.1) is 0 Å². The molecule has 0 spiro atoms. The van der Waals surface area contributed by atoms with E-state index in [1.807, 2.05) is 11.8 Å². The molecule has 2 aliphatic rings. The van der Waals surface area contributed by atoms with E-state index in [0.29, 0.717) is 42.4 Å². The second-order valence-electron chi connectivity index (χ2n) is 8.25. The zero-order valence-corrected chi connectivity index (χ0v) is 19.0. The largest absolute Gasteiger partial charge is 0.467 e. The molecule has 0 aromatic heterocycles. The minimum atomic E-state index is -0.619. The molecule has 0 aromatic carbocycles. The van der Waals surface area contributed by atoms with Crippen LogP contribution in [0, 0.1) is 0 Å². The smallest absolute Gasteiger partial charge is 0.328 e. The minimum Gasteiger partial charge on any atom is -0.467 e. The highest BCUT2D eigenvalue weighted by atomic mass is 32.2. The maximum Gasteiger partial charge on any atom is 0.328 e. The van der Waals surface area contributed by atoms with Gasteiger partial charge in [-0.05, 0) is 32.6 Å². The Kier molecular flexibility index (Phi) is 11.1. The van der Waals surface area contributed by atoms with Gasteiger partial charge < -0.3 is 15.2 Å². The summed E-state index contributed by atoms with van der Waals surface area (Å²) in [5.41, 5.74) is 0. The van der Waals surface area contributed by atoms with E-state index < -0.39 is 18.4 Å². The molecule has 2 fully saturated rings. The summed E-state index contributed by atoms with van der Waals surface area (Å²) >= 11 is 1.95. The highest BCUT2D eigenvalue weighted by Crippen LogP contribution is 2.33. The zero-order chi connectivity index (χ0) is 21.9. The van der Waals surface area contributed by atoms with Crippen molar-refractivity contribution < 1.29 is 24.2 Å². The normalized spacial score (nSPS) is 26.2. The standard InChI is InChI=1S/C21H37N3O5S/c1-14(20(27)29-2)22-18(26)12-6-4-3-5-9-15(25)10-7-8-11-17-19-16(13-30-17)23-21(28)24-19/h14,16-17,19,21,23-24,28H,3-13H2,1-2H3,(H,22,26). The van der Waals surface area contributed by atoms with Crippen molar-refractivity contribution in [2.24, 2.45) is 0 Å². The van der Waals surface area contributed by atoms with Crippen LogP contribution in [-0.4, -0.2) is 65.4 Å². The van der Waals surface area contributed by atoms with E-state index in [0.717, 1.165) is 50.7 Å². The molecule has 0 bridgehead atoms. The number of hydrogen-bond donors (Lipinski definition) is 4. The van der Waals surface area contributed by atoms with Gasteiger partial charge in [0.15, 0.2) is 6.35 Å². The molecule has 4 N–H and O–H groups in total. The Labute approximate surface area is 183 Å². The van der Waals surface area contributed by atoms with Gasteiger partial charge in [-0.3, -0.25) is 20.2 Å². The summed E-state index contributed by atoms with van der Waals surface area (Å²) in [5.74, 6) is 0.769. The Morgan fingerprint density at radius 3 is 2.43 bits per heavy atom. The van der Waals surface area contributed by atoms with Gasteiger partial charge in [-0.25, -0.2) is 4.79 Å². The molecule has 0 radical (unpaired) electrons. The van der Waals surface area contributed by atoms with Gasteiger partial charge in [0.25, 0.3) is 0 Å². The van der Waals surface area contributed by atoms with Gasteiger partial charge in [0.1, 0.15) is 11.8 Å². The fourth-order valence-electron chi connectivity index (χ4n) is 4.07. The molecular formula is C21H37N3O5S. The average Bonchev–Trinajstić information content (AvgIpc) is 3.26. The van der Waals surface area contributed by atoms with E-state index in [9.17, 15) is 19.5 Å². The summed E-state index contributed by atoms with van der Waals surface area (Å²) in [7, 11) is 1.30. The number of hydrogen-bond acceptors (Lipinski definition) is 8. The second kappa shape index (κ2) is 13.3. The van der Waals surface area contributed by atoms with Crippen LogP contribution in [0.15, 0.2) is 0 Å². The van der Waals surface area contributed by atoms with Crippen LogP contribution in [0.2, 0.25) is 0 Å². The van der Waals surface area contributed by atoms with Crippen molar-refractivity contribution in [1.82, 2.24) is 16.0 Å². The van der Waals surface area contributed by atoms with Crippen LogP contribution in [0.4, 0.5) is 0 Å². The quantitative estimate of drug-likeness (QED) is 0.235. The number of aliphatic hydroxyl groups excluding tert-OH is 1. The molecule has 30 heavy (non-hydrogen) atoms. The molecule has 2 aliphatic heterocycles. The van der Waals surface area contributed by atoms with Crippen LogP contribution in [0.5, 0.6) is 0 Å². The van der Waals surface area contributed by atoms with E-state index in [1.165, 1.54) is 7.11 Å². The number of rotatable bonds is 14. The predicted octanol–water partition coefficient (Wildman–Crippen LogP) is 1.46. The Bertz CT molecular complexity index is 577. The number of esters is 1. The summed E-state index contributed by atoms with van der Waals surface area (Å²) in [6.07, 6.45) is 7.60. The fraction of sp³-hybridized carbons (Fsp3) is 0.857. The third-order valence-corrected chi connectivity index (χ3v) is 7.29. The van der Waals surface area contributed by atoms with Crippen LogP contribution in [-0.2, 0) is 19.1 Å². The van der Waals surface area contributed by atoms with Gasteiger partial charge in [-0.2, -0.15) is 11.8 Å². The summed E-state index contributed by atoms with van der Waals surface area (Å²) in [6, 6.07) is 0.0805. The number of ketones is 1. The van der Waals surface area contributed by atoms with Crippen molar-refractivity contribution in [2.75, 3.05) is 12.9 Å². The third kappa shape index (κ3) is 8.53. The lowest BCUT2D eigenvalue weighted by Crippen LogP contribution is -2.38. The van der Waals surface area contributed by atoms with E-state index in [-0.39, 0.29) is 5.91 Å². The molecule has 9 heteroatoms. The predicted molar refractivity (Wildman–Crippen MR) is 117 cm³/mol. The minimum absolute atomic E-state index is 0.145. The number of fused-ring (bicyclic) bond motifs is 1. The number of amides is 1. The lowest BCUT2D eigenvalue weighted by molar-refractivity contribution is -0.144. The lowest BCUT2D eigenvalue weighted by atomic mass is 10.0. The molecule has 0 aromatic rings. The molecule has 5 atom stereocenters. The number of carbonyl (C=O) groups excluding carboxylic acids is 3. The highest BCUT2D eigenvalue weighted by Gasteiger charge is 2.42. The second-order valence-corrected chi connectivity index (χ2v) is 9.52. The first-order valence-corrected chi connectivity index (χ1v) is 12.2. The molecule has 0 saturated carbocycles. The Morgan fingerprint density at radius 2 is 1.73 bits per heavy atom. The Hall–Kier alpha value is -1.16. The first-order chi connectivity index (χ1) is 14.4.